The molecule has 0 unspecified atom stereocenters. The normalized spacial score (nSPS) is 10.5. The van der Waals surface area contributed by atoms with Crippen molar-refractivity contribution in [2.24, 2.45) is 0 Å². The summed E-state index contributed by atoms with van der Waals surface area (Å²) in [6.45, 7) is 7.76. The maximum absolute atomic E-state index is 5.71. The Morgan fingerprint density at radius 1 is 1.21 bits per heavy atom. The maximum atomic E-state index is 5.71. The molecule has 0 saturated heterocycles. The van der Waals surface area contributed by atoms with Gasteiger partial charge in [-0.1, -0.05) is 25.1 Å². The molecule has 0 aliphatic heterocycles. The Bertz CT molecular complexity index is 555. The smallest absolute Gasteiger partial charge is 0.322 e. The number of aryl methyl sites for hydroxylation is 2. The topological polar surface area (TPSA) is 47.0 Å². The van der Waals surface area contributed by atoms with Crippen LogP contribution in [0.2, 0.25) is 0 Å². The highest BCUT2D eigenvalue weighted by Crippen LogP contribution is 2.22. The van der Waals surface area contributed by atoms with Crippen molar-refractivity contribution in [1.29, 1.82) is 0 Å². The van der Waals surface area contributed by atoms with Gasteiger partial charge >= 0.3 is 6.01 Å². The van der Waals surface area contributed by atoms with Crippen LogP contribution in [-0.2, 0) is 6.54 Å². The van der Waals surface area contributed by atoms with E-state index in [1.165, 1.54) is 0 Å². The summed E-state index contributed by atoms with van der Waals surface area (Å²) in [5.74, 6) is 0.793. The van der Waals surface area contributed by atoms with Crippen LogP contribution in [0.25, 0.3) is 0 Å². The molecule has 0 spiro atoms. The highest BCUT2D eigenvalue weighted by atomic mass is 16.5. The van der Waals surface area contributed by atoms with Crippen LogP contribution in [0.5, 0.6) is 11.8 Å². The molecule has 2 aromatic rings. The van der Waals surface area contributed by atoms with E-state index in [9.17, 15) is 0 Å². The fourth-order valence-electron chi connectivity index (χ4n) is 1.72. The summed E-state index contributed by atoms with van der Waals surface area (Å²) in [5, 5.41) is 3.26. The van der Waals surface area contributed by atoms with Gasteiger partial charge in [0.1, 0.15) is 5.75 Å². The number of hydrogen-bond acceptors (Lipinski definition) is 4. The van der Waals surface area contributed by atoms with Gasteiger partial charge in [0.2, 0.25) is 0 Å². The maximum Gasteiger partial charge on any atom is 0.322 e. The lowest BCUT2D eigenvalue weighted by molar-refractivity contribution is 0.436. The number of rotatable bonds is 5. The number of para-hydroxylation sites is 1. The summed E-state index contributed by atoms with van der Waals surface area (Å²) in [5.41, 5.74) is 3.11. The van der Waals surface area contributed by atoms with Gasteiger partial charge in [0.25, 0.3) is 0 Å². The van der Waals surface area contributed by atoms with Gasteiger partial charge in [0, 0.05) is 24.0 Å². The Balaban J connectivity index is 2.14. The Kier molecular flexibility index (Phi) is 4.47. The van der Waals surface area contributed by atoms with Crippen molar-refractivity contribution in [1.82, 2.24) is 15.3 Å². The van der Waals surface area contributed by atoms with Crippen molar-refractivity contribution in [3.05, 3.63) is 47.3 Å². The molecule has 4 nitrogen and oxygen atoms in total. The molecule has 0 radical (unpaired) electrons. The standard InChI is InChI=1S/C15H19N3O/c1-4-16-9-13-10-17-15(18-12(13)3)19-14-8-6-5-7-11(14)2/h5-8,10,16H,4,9H2,1-3H3. The zero-order valence-electron chi connectivity index (χ0n) is 11.6. The van der Waals surface area contributed by atoms with E-state index >= 15 is 0 Å². The molecule has 1 N–H and O–H groups in total. The van der Waals surface area contributed by atoms with Crippen LogP contribution >= 0.6 is 0 Å². The van der Waals surface area contributed by atoms with Gasteiger partial charge in [-0.15, -0.1) is 0 Å². The van der Waals surface area contributed by atoms with Gasteiger partial charge in [0.05, 0.1) is 0 Å². The number of ether oxygens (including phenoxy) is 1. The zero-order chi connectivity index (χ0) is 13.7. The van der Waals surface area contributed by atoms with Gasteiger partial charge in [-0.25, -0.2) is 4.98 Å². The van der Waals surface area contributed by atoms with E-state index in [1.807, 2.05) is 44.3 Å². The molecule has 1 aromatic heterocycles. The quantitative estimate of drug-likeness (QED) is 0.894. The first kappa shape index (κ1) is 13.5. The Hall–Kier alpha value is -1.94. The number of hydrogen-bond donors (Lipinski definition) is 1. The largest absolute Gasteiger partial charge is 0.424 e. The van der Waals surface area contributed by atoms with Crippen molar-refractivity contribution < 1.29 is 4.74 Å². The van der Waals surface area contributed by atoms with Gasteiger partial charge in [-0.05, 0) is 32.0 Å². The molecular formula is C15H19N3O. The van der Waals surface area contributed by atoms with E-state index in [1.54, 1.807) is 0 Å². The fourth-order valence-corrected chi connectivity index (χ4v) is 1.72. The van der Waals surface area contributed by atoms with E-state index in [0.717, 1.165) is 35.7 Å². The molecule has 100 valence electrons. The second-order valence-corrected chi connectivity index (χ2v) is 4.41. The van der Waals surface area contributed by atoms with Gasteiger partial charge in [-0.3, -0.25) is 0 Å². The van der Waals surface area contributed by atoms with Crippen molar-refractivity contribution >= 4 is 0 Å². The number of nitrogens with zero attached hydrogens (tertiary/aromatic N) is 2. The summed E-state index contributed by atoms with van der Waals surface area (Å²) in [6, 6.07) is 8.23. The molecule has 0 aliphatic carbocycles. The van der Waals surface area contributed by atoms with Crippen LogP contribution in [0, 0.1) is 13.8 Å². The molecule has 0 bridgehead atoms. The number of nitrogens with one attached hydrogen (secondary N) is 1. The minimum absolute atomic E-state index is 0.395. The minimum atomic E-state index is 0.395. The minimum Gasteiger partial charge on any atom is -0.424 e. The van der Waals surface area contributed by atoms with Crippen LogP contribution in [0.15, 0.2) is 30.5 Å². The van der Waals surface area contributed by atoms with E-state index < -0.39 is 0 Å². The second-order valence-electron chi connectivity index (χ2n) is 4.41. The summed E-state index contributed by atoms with van der Waals surface area (Å²) < 4.78 is 5.71. The number of aromatic nitrogens is 2. The Morgan fingerprint density at radius 2 is 2.00 bits per heavy atom. The van der Waals surface area contributed by atoms with Crippen molar-refractivity contribution in [3.8, 4) is 11.8 Å². The first-order valence-electron chi connectivity index (χ1n) is 6.47. The predicted octanol–water partition coefficient (Wildman–Crippen LogP) is 3.00. The third-order valence-corrected chi connectivity index (χ3v) is 2.92. The Labute approximate surface area is 113 Å². The molecule has 2 rings (SSSR count). The molecule has 0 amide bonds. The zero-order valence-corrected chi connectivity index (χ0v) is 11.6. The third-order valence-electron chi connectivity index (χ3n) is 2.92. The molecule has 0 aliphatic rings. The summed E-state index contributed by atoms with van der Waals surface area (Å²) in [7, 11) is 0. The molecule has 0 atom stereocenters. The predicted molar refractivity (Wildman–Crippen MR) is 75.4 cm³/mol. The molecule has 4 heteroatoms. The van der Waals surface area contributed by atoms with Gasteiger partial charge < -0.3 is 10.1 Å². The SMILES string of the molecule is CCNCc1cnc(Oc2ccccc2C)nc1C. The van der Waals surface area contributed by atoms with E-state index in [2.05, 4.69) is 22.2 Å². The lowest BCUT2D eigenvalue weighted by atomic mass is 10.2. The van der Waals surface area contributed by atoms with Gasteiger partial charge in [-0.2, -0.15) is 4.98 Å². The van der Waals surface area contributed by atoms with E-state index in [0.29, 0.717) is 6.01 Å². The van der Waals surface area contributed by atoms with Crippen LogP contribution < -0.4 is 10.1 Å². The number of benzene rings is 1. The third kappa shape index (κ3) is 3.51. The van der Waals surface area contributed by atoms with Crippen LogP contribution in [0.3, 0.4) is 0 Å². The van der Waals surface area contributed by atoms with Crippen LogP contribution in [0.1, 0.15) is 23.7 Å². The van der Waals surface area contributed by atoms with Crippen molar-refractivity contribution in [2.45, 2.75) is 27.3 Å². The van der Waals surface area contributed by atoms with E-state index in [4.69, 9.17) is 4.74 Å². The molecule has 0 fully saturated rings. The molecule has 0 saturated carbocycles. The first-order chi connectivity index (χ1) is 9.20. The molecular weight excluding hydrogens is 238 g/mol. The van der Waals surface area contributed by atoms with E-state index in [-0.39, 0.29) is 0 Å². The lowest BCUT2D eigenvalue weighted by Gasteiger charge is -2.09. The fraction of sp³-hybridized carbons (Fsp3) is 0.333. The van der Waals surface area contributed by atoms with Crippen molar-refractivity contribution in [3.63, 3.8) is 0 Å². The summed E-state index contributed by atoms with van der Waals surface area (Å²) >= 11 is 0. The highest BCUT2D eigenvalue weighted by molar-refractivity contribution is 5.34. The second kappa shape index (κ2) is 6.29. The lowest BCUT2D eigenvalue weighted by Crippen LogP contribution is -2.13. The monoisotopic (exact) mass is 257 g/mol. The van der Waals surface area contributed by atoms with Crippen LogP contribution in [-0.4, -0.2) is 16.5 Å². The molecule has 19 heavy (non-hydrogen) atoms. The molecule has 1 aromatic carbocycles. The van der Waals surface area contributed by atoms with Crippen LogP contribution in [0.4, 0.5) is 0 Å². The average molecular weight is 257 g/mol. The molecule has 1 heterocycles. The van der Waals surface area contributed by atoms with Gasteiger partial charge in [0.15, 0.2) is 0 Å². The Morgan fingerprint density at radius 3 is 2.68 bits per heavy atom. The first-order valence-corrected chi connectivity index (χ1v) is 6.47. The average Bonchev–Trinajstić information content (AvgIpc) is 2.40. The summed E-state index contributed by atoms with van der Waals surface area (Å²) in [4.78, 5) is 8.64. The summed E-state index contributed by atoms with van der Waals surface area (Å²) in [6.07, 6.45) is 1.82. The van der Waals surface area contributed by atoms with Crippen molar-refractivity contribution in [2.75, 3.05) is 6.54 Å². The highest BCUT2D eigenvalue weighted by Gasteiger charge is 2.06.